The molecule has 6 nitrogen and oxygen atoms in total. The molecule has 2 heterocycles. The highest BCUT2D eigenvalue weighted by molar-refractivity contribution is 6.30. The van der Waals surface area contributed by atoms with Crippen molar-refractivity contribution in [3.05, 3.63) is 69.6 Å². The van der Waals surface area contributed by atoms with Gasteiger partial charge >= 0.3 is 0 Å². The zero-order valence-electron chi connectivity index (χ0n) is 15.6. The lowest BCUT2D eigenvalue weighted by Crippen LogP contribution is -2.33. The highest BCUT2D eigenvalue weighted by Gasteiger charge is 2.24. The molecule has 0 aliphatic carbocycles. The minimum absolute atomic E-state index is 0.207. The summed E-state index contributed by atoms with van der Waals surface area (Å²) in [4.78, 5) is 27.3. The molecular formula is C21H21ClN4O2. The van der Waals surface area contributed by atoms with Crippen molar-refractivity contribution in [2.45, 2.75) is 6.42 Å². The minimum atomic E-state index is -0.253. The lowest BCUT2D eigenvalue weighted by Gasteiger charge is -2.19. The third kappa shape index (κ3) is 3.60. The molecule has 1 unspecified atom stereocenters. The Hall–Kier alpha value is -2.86. The van der Waals surface area contributed by atoms with Gasteiger partial charge in [-0.05, 0) is 42.7 Å². The molecule has 1 atom stereocenters. The third-order valence-electron chi connectivity index (χ3n) is 5.20. The van der Waals surface area contributed by atoms with Crippen LogP contribution in [0.15, 0.2) is 53.3 Å². The Labute approximate surface area is 167 Å². The van der Waals surface area contributed by atoms with Crippen molar-refractivity contribution in [2.24, 2.45) is 13.0 Å². The van der Waals surface area contributed by atoms with Gasteiger partial charge in [0, 0.05) is 42.8 Å². The van der Waals surface area contributed by atoms with E-state index in [-0.39, 0.29) is 17.2 Å². The minimum Gasteiger partial charge on any atom is -0.371 e. The number of nitrogens with one attached hydrogen (secondary N) is 1. The van der Waals surface area contributed by atoms with Gasteiger partial charge in [0.25, 0.3) is 11.5 Å². The second kappa shape index (κ2) is 7.64. The van der Waals surface area contributed by atoms with Crippen LogP contribution in [0.5, 0.6) is 0 Å². The first kappa shape index (κ1) is 18.5. The van der Waals surface area contributed by atoms with Crippen molar-refractivity contribution in [3.8, 4) is 0 Å². The topological polar surface area (TPSA) is 67.2 Å². The van der Waals surface area contributed by atoms with E-state index < -0.39 is 0 Å². The van der Waals surface area contributed by atoms with Crippen LogP contribution in [0.1, 0.15) is 16.9 Å². The van der Waals surface area contributed by atoms with Gasteiger partial charge in [-0.2, -0.15) is 5.10 Å². The van der Waals surface area contributed by atoms with Crippen molar-refractivity contribution in [3.63, 3.8) is 0 Å². The summed E-state index contributed by atoms with van der Waals surface area (Å²) in [5, 5.41) is 8.99. The van der Waals surface area contributed by atoms with Crippen molar-refractivity contribution >= 4 is 34.0 Å². The van der Waals surface area contributed by atoms with Gasteiger partial charge < -0.3 is 10.2 Å². The van der Waals surface area contributed by atoms with Gasteiger partial charge in [0.15, 0.2) is 5.69 Å². The van der Waals surface area contributed by atoms with Crippen molar-refractivity contribution < 1.29 is 4.79 Å². The number of nitrogens with zero attached hydrogens (tertiary/aromatic N) is 3. The van der Waals surface area contributed by atoms with Crippen LogP contribution in [-0.4, -0.2) is 35.3 Å². The third-order valence-corrected chi connectivity index (χ3v) is 5.45. The number of rotatable bonds is 4. The van der Waals surface area contributed by atoms with E-state index in [0.717, 1.165) is 30.2 Å². The Morgan fingerprint density at radius 3 is 2.64 bits per heavy atom. The zero-order valence-corrected chi connectivity index (χ0v) is 16.3. The van der Waals surface area contributed by atoms with Gasteiger partial charge in [0.1, 0.15) is 0 Å². The molecule has 0 saturated carbocycles. The lowest BCUT2D eigenvalue weighted by molar-refractivity contribution is 0.0943. The van der Waals surface area contributed by atoms with Crippen molar-refractivity contribution in [1.29, 1.82) is 0 Å². The summed E-state index contributed by atoms with van der Waals surface area (Å²) in [6.07, 6.45) is 1.00. The Morgan fingerprint density at radius 2 is 1.89 bits per heavy atom. The molecule has 1 fully saturated rings. The Balaban J connectivity index is 1.44. The number of aromatic nitrogens is 2. The van der Waals surface area contributed by atoms with E-state index in [4.69, 9.17) is 11.6 Å². The van der Waals surface area contributed by atoms with E-state index in [0.29, 0.717) is 23.2 Å². The van der Waals surface area contributed by atoms with Crippen molar-refractivity contribution in [2.75, 3.05) is 24.5 Å². The predicted octanol–water partition coefficient (Wildman–Crippen LogP) is 2.84. The van der Waals surface area contributed by atoms with Crippen LogP contribution in [-0.2, 0) is 7.05 Å². The standard InChI is InChI=1S/C21H21ClN4O2/c1-25-21(28)18-5-3-2-4-17(18)19(24-25)20(27)23-12-14-10-11-26(13-14)16-8-6-15(22)7-9-16/h2-9,14H,10-13H2,1H3,(H,23,27). The quantitative estimate of drug-likeness (QED) is 0.736. The summed E-state index contributed by atoms with van der Waals surface area (Å²) in [5.41, 5.74) is 1.22. The van der Waals surface area contributed by atoms with Crippen LogP contribution in [0.2, 0.25) is 5.02 Å². The van der Waals surface area contributed by atoms with Crippen LogP contribution in [0, 0.1) is 5.92 Å². The Bertz CT molecular complexity index is 1080. The second-order valence-corrected chi connectivity index (χ2v) is 7.55. The number of aryl methyl sites for hydroxylation is 1. The molecule has 28 heavy (non-hydrogen) atoms. The molecule has 1 aliphatic rings. The molecule has 1 N–H and O–H groups in total. The fraction of sp³-hybridized carbons (Fsp3) is 0.286. The monoisotopic (exact) mass is 396 g/mol. The normalized spacial score (nSPS) is 16.5. The summed E-state index contributed by atoms with van der Waals surface area (Å²) in [6, 6.07) is 14.9. The number of benzene rings is 2. The first-order valence-electron chi connectivity index (χ1n) is 9.27. The number of carbonyl (C=O) groups is 1. The fourth-order valence-electron chi connectivity index (χ4n) is 3.67. The van der Waals surface area contributed by atoms with Crippen LogP contribution in [0.4, 0.5) is 5.69 Å². The van der Waals surface area contributed by atoms with Crippen LogP contribution in [0.3, 0.4) is 0 Å². The molecule has 0 spiro atoms. The SMILES string of the molecule is Cn1nc(C(=O)NCC2CCN(c3ccc(Cl)cc3)C2)c2ccccc2c1=O. The first-order chi connectivity index (χ1) is 13.5. The van der Waals surface area contributed by atoms with Gasteiger partial charge in [-0.25, -0.2) is 4.68 Å². The van der Waals surface area contributed by atoms with E-state index in [1.165, 1.54) is 4.68 Å². The number of hydrogen-bond acceptors (Lipinski definition) is 4. The number of anilines is 1. The number of carbonyl (C=O) groups excluding carboxylic acids is 1. The van der Waals surface area contributed by atoms with Crippen LogP contribution >= 0.6 is 11.6 Å². The number of halogens is 1. The first-order valence-corrected chi connectivity index (χ1v) is 9.65. The van der Waals surface area contributed by atoms with Gasteiger partial charge in [0.05, 0.1) is 5.39 Å². The van der Waals surface area contributed by atoms with Gasteiger partial charge in [-0.1, -0.05) is 29.8 Å². The molecule has 2 aromatic carbocycles. The number of hydrogen-bond donors (Lipinski definition) is 1. The Morgan fingerprint density at radius 1 is 1.18 bits per heavy atom. The average molecular weight is 397 g/mol. The largest absolute Gasteiger partial charge is 0.371 e. The summed E-state index contributed by atoms with van der Waals surface area (Å²) in [5.74, 6) is 0.107. The molecule has 7 heteroatoms. The van der Waals surface area contributed by atoms with E-state index in [9.17, 15) is 9.59 Å². The maximum absolute atomic E-state index is 12.8. The molecule has 144 valence electrons. The van der Waals surface area contributed by atoms with E-state index >= 15 is 0 Å². The van der Waals surface area contributed by atoms with Crippen LogP contribution in [0.25, 0.3) is 10.8 Å². The smallest absolute Gasteiger partial charge is 0.274 e. The highest BCUT2D eigenvalue weighted by atomic mass is 35.5. The molecule has 1 aliphatic heterocycles. The number of fused-ring (bicyclic) bond motifs is 1. The van der Waals surface area contributed by atoms with Crippen molar-refractivity contribution in [1.82, 2.24) is 15.1 Å². The molecular weight excluding hydrogens is 376 g/mol. The van der Waals surface area contributed by atoms with Gasteiger partial charge in [0.2, 0.25) is 0 Å². The maximum Gasteiger partial charge on any atom is 0.274 e. The summed E-state index contributed by atoms with van der Waals surface area (Å²) in [6.45, 7) is 2.40. The molecule has 0 bridgehead atoms. The molecule has 1 saturated heterocycles. The molecule has 1 aromatic heterocycles. The zero-order chi connectivity index (χ0) is 19.7. The maximum atomic E-state index is 12.8. The van der Waals surface area contributed by atoms with E-state index in [1.54, 1.807) is 31.3 Å². The van der Waals surface area contributed by atoms with E-state index in [1.807, 2.05) is 24.3 Å². The predicted molar refractivity (Wildman–Crippen MR) is 111 cm³/mol. The molecule has 3 aromatic rings. The van der Waals surface area contributed by atoms with E-state index in [2.05, 4.69) is 15.3 Å². The molecule has 1 amide bonds. The Kier molecular flexibility index (Phi) is 5.05. The summed E-state index contributed by atoms with van der Waals surface area (Å²) in [7, 11) is 1.56. The summed E-state index contributed by atoms with van der Waals surface area (Å²) >= 11 is 5.96. The average Bonchev–Trinajstić information content (AvgIpc) is 3.18. The fourth-order valence-corrected chi connectivity index (χ4v) is 3.80. The lowest BCUT2D eigenvalue weighted by atomic mass is 10.1. The molecule has 0 radical (unpaired) electrons. The second-order valence-electron chi connectivity index (χ2n) is 7.11. The summed E-state index contributed by atoms with van der Waals surface area (Å²) < 4.78 is 1.22. The van der Waals surface area contributed by atoms with Crippen LogP contribution < -0.4 is 15.8 Å². The van der Waals surface area contributed by atoms with Gasteiger partial charge in [-0.15, -0.1) is 0 Å². The van der Waals surface area contributed by atoms with Gasteiger partial charge in [-0.3, -0.25) is 9.59 Å². The number of amides is 1. The highest BCUT2D eigenvalue weighted by Crippen LogP contribution is 2.25. The molecule has 4 rings (SSSR count).